The summed E-state index contributed by atoms with van der Waals surface area (Å²) in [6.07, 6.45) is 1.24. The van der Waals surface area contributed by atoms with Gasteiger partial charge in [-0.3, -0.25) is 0 Å². The number of halogens is 1. The number of nitriles is 1. The molecule has 2 rings (SSSR count). The van der Waals surface area contributed by atoms with Crippen molar-refractivity contribution in [2.75, 3.05) is 13.7 Å². The molecule has 0 spiro atoms. The van der Waals surface area contributed by atoms with Crippen LogP contribution in [0.3, 0.4) is 0 Å². The number of hydrogen-bond donors (Lipinski definition) is 0. The Hall–Kier alpha value is -2.54. The minimum absolute atomic E-state index is 0.329. The highest BCUT2D eigenvalue weighted by atomic mass is 19.1. The van der Waals surface area contributed by atoms with E-state index < -0.39 is 5.92 Å². The summed E-state index contributed by atoms with van der Waals surface area (Å²) < 4.78 is 24.4. The quantitative estimate of drug-likeness (QED) is 0.716. The van der Waals surface area contributed by atoms with E-state index in [-0.39, 0.29) is 5.82 Å². The van der Waals surface area contributed by atoms with Crippen LogP contribution < -0.4 is 9.47 Å². The molecule has 114 valence electrons. The Morgan fingerprint density at radius 2 is 1.77 bits per heavy atom. The molecule has 1 atom stereocenters. The van der Waals surface area contributed by atoms with Crippen molar-refractivity contribution in [1.82, 2.24) is 0 Å². The fraction of sp³-hybridized carbons (Fsp3) is 0.278. The Labute approximate surface area is 129 Å². The monoisotopic (exact) mass is 299 g/mol. The zero-order valence-corrected chi connectivity index (χ0v) is 12.5. The molecule has 0 aliphatic rings. The molecule has 0 aromatic heterocycles. The molecule has 3 nitrogen and oxygen atoms in total. The maximum atomic E-state index is 13.7. The normalized spacial score (nSPS) is 11.5. The Morgan fingerprint density at radius 3 is 2.41 bits per heavy atom. The van der Waals surface area contributed by atoms with Crippen molar-refractivity contribution in [3.63, 3.8) is 0 Å². The van der Waals surface area contributed by atoms with Crippen molar-refractivity contribution in [3.8, 4) is 17.6 Å². The number of rotatable bonds is 7. The van der Waals surface area contributed by atoms with E-state index in [0.717, 1.165) is 11.5 Å². The van der Waals surface area contributed by atoms with Crippen LogP contribution in [0.2, 0.25) is 0 Å². The van der Waals surface area contributed by atoms with Gasteiger partial charge in [0.2, 0.25) is 0 Å². The molecule has 0 aliphatic heterocycles. The molecule has 0 aliphatic carbocycles. The topological polar surface area (TPSA) is 42.2 Å². The maximum absolute atomic E-state index is 13.7. The first-order valence-corrected chi connectivity index (χ1v) is 7.15. The zero-order valence-electron chi connectivity index (χ0n) is 12.5. The fourth-order valence-corrected chi connectivity index (χ4v) is 2.20. The van der Waals surface area contributed by atoms with E-state index in [9.17, 15) is 9.65 Å². The highest BCUT2D eigenvalue weighted by Gasteiger charge is 2.14. The summed E-state index contributed by atoms with van der Waals surface area (Å²) in [5.74, 6) is 0.752. The summed E-state index contributed by atoms with van der Waals surface area (Å²) in [4.78, 5) is 0. The third-order valence-corrected chi connectivity index (χ3v) is 3.40. The Balaban J connectivity index is 1.82. The van der Waals surface area contributed by atoms with E-state index in [2.05, 4.69) is 6.07 Å². The summed E-state index contributed by atoms with van der Waals surface area (Å²) in [5, 5.41) is 9.21. The van der Waals surface area contributed by atoms with E-state index in [1.54, 1.807) is 25.3 Å². The smallest absolute Gasteiger partial charge is 0.127 e. The highest BCUT2D eigenvalue weighted by molar-refractivity contribution is 5.31. The minimum atomic E-state index is -0.444. The lowest BCUT2D eigenvalue weighted by Crippen LogP contribution is -2.03. The van der Waals surface area contributed by atoms with Gasteiger partial charge in [0.25, 0.3) is 0 Å². The van der Waals surface area contributed by atoms with Gasteiger partial charge >= 0.3 is 0 Å². The van der Waals surface area contributed by atoms with Crippen LogP contribution in [0.25, 0.3) is 0 Å². The molecule has 22 heavy (non-hydrogen) atoms. The first kappa shape index (κ1) is 15.8. The molecule has 0 saturated carbocycles. The van der Waals surface area contributed by atoms with Crippen molar-refractivity contribution >= 4 is 0 Å². The lowest BCUT2D eigenvalue weighted by atomic mass is 9.95. The standard InChI is InChI=1S/C18H18FNO2/c1-21-15-8-10-16(11-9-15)22-12-4-5-14(13-20)17-6-2-3-7-18(17)19/h2-3,6-11,14H,4-5,12H2,1H3. The molecule has 2 aromatic rings. The van der Waals surface area contributed by atoms with Crippen molar-refractivity contribution in [2.24, 2.45) is 0 Å². The summed E-state index contributed by atoms with van der Waals surface area (Å²) >= 11 is 0. The van der Waals surface area contributed by atoms with Gasteiger partial charge in [-0.05, 0) is 43.2 Å². The highest BCUT2D eigenvalue weighted by Crippen LogP contribution is 2.23. The van der Waals surface area contributed by atoms with Crippen molar-refractivity contribution in [3.05, 3.63) is 59.9 Å². The maximum Gasteiger partial charge on any atom is 0.127 e. The van der Waals surface area contributed by atoms with E-state index in [4.69, 9.17) is 9.47 Å². The lowest BCUT2D eigenvalue weighted by molar-refractivity contribution is 0.304. The van der Waals surface area contributed by atoms with E-state index in [1.807, 2.05) is 24.3 Å². The van der Waals surface area contributed by atoms with Gasteiger partial charge in [0.1, 0.15) is 17.3 Å². The second kappa shape index (κ2) is 8.04. The van der Waals surface area contributed by atoms with Crippen LogP contribution in [0.15, 0.2) is 48.5 Å². The molecule has 0 fully saturated rings. The van der Waals surface area contributed by atoms with Crippen LogP contribution in [-0.2, 0) is 0 Å². The Bertz CT molecular complexity index is 634. The summed E-state index contributed by atoms with van der Waals surface area (Å²) in [6.45, 7) is 0.485. The molecule has 0 amide bonds. The number of hydrogen-bond acceptors (Lipinski definition) is 3. The number of benzene rings is 2. The molecule has 0 heterocycles. The third kappa shape index (κ3) is 4.23. The van der Waals surface area contributed by atoms with Gasteiger partial charge < -0.3 is 9.47 Å². The second-order valence-corrected chi connectivity index (χ2v) is 4.87. The number of nitrogens with zero attached hydrogens (tertiary/aromatic N) is 1. The van der Waals surface area contributed by atoms with Crippen molar-refractivity contribution in [2.45, 2.75) is 18.8 Å². The summed E-state index contributed by atoms with van der Waals surface area (Å²) in [6, 6.07) is 15.9. The average molecular weight is 299 g/mol. The van der Waals surface area contributed by atoms with E-state index in [0.29, 0.717) is 25.0 Å². The summed E-state index contributed by atoms with van der Waals surface area (Å²) in [7, 11) is 1.61. The molecular formula is C18H18FNO2. The minimum Gasteiger partial charge on any atom is -0.497 e. The predicted molar refractivity (Wildman–Crippen MR) is 82.5 cm³/mol. The largest absolute Gasteiger partial charge is 0.497 e. The predicted octanol–water partition coefficient (Wildman–Crippen LogP) is 4.30. The Kier molecular flexibility index (Phi) is 5.79. The van der Waals surface area contributed by atoms with Gasteiger partial charge in [0, 0.05) is 5.56 Å². The number of ether oxygens (including phenoxy) is 2. The molecular weight excluding hydrogens is 281 g/mol. The van der Waals surface area contributed by atoms with Crippen molar-refractivity contribution in [1.29, 1.82) is 5.26 Å². The molecule has 4 heteroatoms. The van der Waals surface area contributed by atoms with Crippen LogP contribution in [0.5, 0.6) is 11.5 Å². The molecule has 0 saturated heterocycles. The van der Waals surface area contributed by atoms with Crippen LogP contribution in [0.1, 0.15) is 24.3 Å². The SMILES string of the molecule is COc1ccc(OCCCC(C#N)c2ccccc2F)cc1. The van der Waals surface area contributed by atoms with Gasteiger partial charge in [0.05, 0.1) is 25.7 Å². The van der Waals surface area contributed by atoms with E-state index >= 15 is 0 Å². The average Bonchev–Trinajstić information content (AvgIpc) is 2.56. The van der Waals surface area contributed by atoms with Crippen molar-refractivity contribution < 1.29 is 13.9 Å². The molecule has 0 radical (unpaired) electrons. The number of methoxy groups -OCH3 is 1. The molecule has 2 aromatic carbocycles. The molecule has 1 unspecified atom stereocenters. The molecule has 0 N–H and O–H groups in total. The van der Waals surface area contributed by atoms with Crippen LogP contribution in [-0.4, -0.2) is 13.7 Å². The van der Waals surface area contributed by atoms with Gasteiger partial charge in [-0.15, -0.1) is 0 Å². The third-order valence-electron chi connectivity index (χ3n) is 3.40. The Morgan fingerprint density at radius 1 is 1.09 bits per heavy atom. The van der Waals surface area contributed by atoms with Gasteiger partial charge in [0.15, 0.2) is 0 Å². The fourth-order valence-electron chi connectivity index (χ4n) is 2.20. The summed E-state index contributed by atoms with van der Waals surface area (Å²) in [5.41, 5.74) is 0.453. The van der Waals surface area contributed by atoms with E-state index in [1.165, 1.54) is 6.07 Å². The van der Waals surface area contributed by atoms with Gasteiger partial charge in [-0.25, -0.2) is 4.39 Å². The van der Waals surface area contributed by atoms with Gasteiger partial charge in [-0.1, -0.05) is 18.2 Å². The second-order valence-electron chi connectivity index (χ2n) is 4.87. The van der Waals surface area contributed by atoms with Crippen LogP contribution in [0, 0.1) is 17.1 Å². The van der Waals surface area contributed by atoms with Crippen LogP contribution in [0.4, 0.5) is 4.39 Å². The van der Waals surface area contributed by atoms with Crippen LogP contribution >= 0.6 is 0 Å². The molecule has 0 bridgehead atoms. The first-order valence-electron chi connectivity index (χ1n) is 7.15. The first-order chi connectivity index (χ1) is 10.7. The zero-order chi connectivity index (χ0) is 15.8. The van der Waals surface area contributed by atoms with Gasteiger partial charge in [-0.2, -0.15) is 5.26 Å². The lowest BCUT2D eigenvalue weighted by Gasteiger charge is -2.11.